The fourth-order valence-electron chi connectivity index (χ4n) is 3.58. The van der Waals surface area contributed by atoms with Gasteiger partial charge in [0.2, 0.25) is 11.8 Å². The number of carbonyl (C=O) groups is 3. The summed E-state index contributed by atoms with van der Waals surface area (Å²) in [5, 5.41) is 0. The molecule has 0 N–H and O–H groups in total. The molecule has 3 aromatic rings. The van der Waals surface area contributed by atoms with E-state index in [1.807, 2.05) is 25.5 Å². The summed E-state index contributed by atoms with van der Waals surface area (Å²) >= 11 is 1.46. The monoisotopic (exact) mass is 393 g/mol. The maximum Gasteiger partial charge on any atom is 0.279 e. The van der Waals surface area contributed by atoms with Crippen molar-refractivity contribution in [1.82, 2.24) is 4.57 Å². The van der Waals surface area contributed by atoms with Gasteiger partial charge < -0.3 is 4.57 Å². The average molecular weight is 393 g/mol. The van der Waals surface area contributed by atoms with Gasteiger partial charge >= 0.3 is 0 Å². The van der Waals surface area contributed by atoms with Gasteiger partial charge in [-0.1, -0.05) is 23.5 Å². The fourth-order valence-corrected chi connectivity index (χ4v) is 4.78. The zero-order chi connectivity index (χ0) is 20.0. The highest BCUT2D eigenvalue weighted by atomic mass is 32.1. The van der Waals surface area contributed by atoms with Crippen LogP contribution < -0.4 is 9.70 Å². The second-order valence-corrected chi connectivity index (χ2v) is 7.97. The predicted octanol–water partition coefficient (Wildman–Crippen LogP) is 3.25. The molecule has 0 bridgehead atoms. The molecule has 142 valence electrons. The summed E-state index contributed by atoms with van der Waals surface area (Å²) in [6.45, 7) is 4.09. The summed E-state index contributed by atoms with van der Waals surface area (Å²) in [5.74, 6) is -0.890. The number of aryl methyl sites for hydroxylation is 3. The van der Waals surface area contributed by atoms with E-state index in [1.54, 1.807) is 24.3 Å². The molecule has 0 atom stereocenters. The van der Waals surface area contributed by atoms with Crippen LogP contribution in [0.1, 0.15) is 34.3 Å². The van der Waals surface area contributed by atoms with E-state index in [0.717, 1.165) is 26.2 Å². The van der Waals surface area contributed by atoms with Crippen LogP contribution in [0.5, 0.6) is 0 Å². The Morgan fingerprint density at radius 2 is 1.79 bits per heavy atom. The number of amides is 3. The van der Waals surface area contributed by atoms with Gasteiger partial charge in [0.1, 0.15) is 0 Å². The van der Waals surface area contributed by atoms with E-state index < -0.39 is 5.91 Å². The maximum absolute atomic E-state index is 12.8. The SMILES string of the molecule is Cc1cc(C)c2c(c1)sc(=NC(=O)c1cccc(N3C(=O)CCC3=O)c1)n2C. The van der Waals surface area contributed by atoms with Crippen molar-refractivity contribution < 1.29 is 14.4 Å². The Bertz CT molecular complexity index is 1200. The largest absolute Gasteiger partial charge is 0.319 e. The van der Waals surface area contributed by atoms with Crippen molar-refractivity contribution in [2.45, 2.75) is 26.7 Å². The van der Waals surface area contributed by atoms with Gasteiger partial charge in [0, 0.05) is 25.5 Å². The van der Waals surface area contributed by atoms with Gasteiger partial charge in [-0.25, -0.2) is 0 Å². The molecule has 6 nitrogen and oxygen atoms in total. The van der Waals surface area contributed by atoms with Crippen molar-refractivity contribution in [1.29, 1.82) is 0 Å². The van der Waals surface area contributed by atoms with E-state index in [-0.39, 0.29) is 24.7 Å². The molecule has 2 heterocycles. The number of rotatable bonds is 2. The number of thiazole rings is 1. The molecule has 0 aliphatic carbocycles. The van der Waals surface area contributed by atoms with E-state index in [2.05, 4.69) is 17.1 Å². The van der Waals surface area contributed by atoms with Crippen molar-refractivity contribution in [3.63, 3.8) is 0 Å². The van der Waals surface area contributed by atoms with Crippen molar-refractivity contribution in [3.8, 4) is 0 Å². The Morgan fingerprint density at radius 3 is 2.50 bits per heavy atom. The predicted molar refractivity (Wildman–Crippen MR) is 108 cm³/mol. The maximum atomic E-state index is 12.8. The lowest BCUT2D eigenvalue weighted by atomic mass is 10.1. The molecule has 1 aliphatic rings. The highest BCUT2D eigenvalue weighted by Gasteiger charge is 2.30. The molecule has 28 heavy (non-hydrogen) atoms. The van der Waals surface area contributed by atoms with Crippen LogP contribution in [-0.4, -0.2) is 22.3 Å². The zero-order valence-corrected chi connectivity index (χ0v) is 16.7. The number of fused-ring (bicyclic) bond motifs is 1. The molecular formula is C21H19N3O3S. The summed E-state index contributed by atoms with van der Waals surface area (Å²) in [7, 11) is 1.89. The molecule has 0 saturated carbocycles. The van der Waals surface area contributed by atoms with Crippen molar-refractivity contribution >= 4 is 45.0 Å². The molecule has 1 saturated heterocycles. The first kappa shape index (κ1) is 18.3. The van der Waals surface area contributed by atoms with Gasteiger partial charge in [0.05, 0.1) is 15.9 Å². The smallest absolute Gasteiger partial charge is 0.279 e. The van der Waals surface area contributed by atoms with Crippen molar-refractivity contribution in [3.05, 3.63) is 57.9 Å². The Labute approximate surface area is 165 Å². The van der Waals surface area contributed by atoms with Crippen LogP contribution in [0.15, 0.2) is 41.4 Å². The Kier molecular flexibility index (Phi) is 4.47. The first-order valence-electron chi connectivity index (χ1n) is 8.97. The van der Waals surface area contributed by atoms with Gasteiger partial charge in [0.25, 0.3) is 5.91 Å². The normalized spacial score (nSPS) is 15.1. The summed E-state index contributed by atoms with van der Waals surface area (Å²) < 4.78 is 3.00. The zero-order valence-electron chi connectivity index (χ0n) is 15.9. The minimum Gasteiger partial charge on any atom is -0.319 e. The standard InChI is InChI=1S/C21H19N3O3S/c1-12-9-13(2)19-16(10-12)28-21(23(19)3)22-20(27)14-5-4-6-15(11-14)24-17(25)7-8-18(24)26/h4-6,9-11H,7-8H2,1-3H3. The van der Waals surface area contributed by atoms with Crippen molar-refractivity contribution in [2.75, 3.05) is 4.90 Å². The average Bonchev–Trinajstić information content (AvgIpc) is 3.14. The minimum absolute atomic E-state index is 0.206. The molecule has 0 radical (unpaired) electrons. The number of benzene rings is 2. The van der Waals surface area contributed by atoms with Crippen LogP contribution in [0.25, 0.3) is 10.2 Å². The molecule has 1 aromatic heterocycles. The second kappa shape index (κ2) is 6.83. The lowest BCUT2D eigenvalue weighted by molar-refractivity contribution is -0.121. The van der Waals surface area contributed by atoms with Gasteiger partial charge in [-0.05, 0) is 49.2 Å². The van der Waals surface area contributed by atoms with Crippen LogP contribution in [-0.2, 0) is 16.6 Å². The third-order valence-electron chi connectivity index (χ3n) is 4.83. The quantitative estimate of drug-likeness (QED) is 0.628. The summed E-state index contributed by atoms with van der Waals surface area (Å²) in [6.07, 6.45) is 0.412. The van der Waals surface area contributed by atoms with E-state index in [1.165, 1.54) is 11.3 Å². The fraction of sp³-hybridized carbons (Fsp3) is 0.238. The first-order valence-corrected chi connectivity index (χ1v) is 9.78. The van der Waals surface area contributed by atoms with Gasteiger partial charge in [-0.15, -0.1) is 0 Å². The van der Waals surface area contributed by atoms with Crippen LogP contribution in [0.2, 0.25) is 0 Å². The second-order valence-electron chi connectivity index (χ2n) is 6.96. The lowest BCUT2D eigenvalue weighted by Gasteiger charge is -2.14. The molecule has 0 unspecified atom stereocenters. The van der Waals surface area contributed by atoms with Crippen molar-refractivity contribution in [2.24, 2.45) is 12.0 Å². The molecule has 3 amide bonds. The first-order chi connectivity index (χ1) is 13.3. The number of imide groups is 1. The molecular weight excluding hydrogens is 374 g/mol. The molecule has 7 heteroatoms. The third-order valence-corrected chi connectivity index (χ3v) is 5.91. The highest BCUT2D eigenvalue weighted by Crippen LogP contribution is 2.24. The van der Waals surface area contributed by atoms with E-state index in [0.29, 0.717) is 16.1 Å². The van der Waals surface area contributed by atoms with Crippen LogP contribution in [0, 0.1) is 13.8 Å². The Hall–Kier alpha value is -3.06. The van der Waals surface area contributed by atoms with Crippen LogP contribution in [0.4, 0.5) is 5.69 Å². The lowest BCUT2D eigenvalue weighted by Crippen LogP contribution is -2.28. The molecule has 0 spiro atoms. The Balaban J connectivity index is 1.75. The van der Waals surface area contributed by atoms with Gasteiger partial charge in [-0.2, -0.15) is 4.99 Å². The number of hydrogen-bond acceptors (Lipinski definition) is 4. The van der Waals surface area contributed by atoms with Gasteiger partial charge in [0.15, 0.2) is 4.80 Å². The number of aromatic nitrogens is 1. The number of nitrogens with zero attached hydrogens (tertiary/aromatic N) is 3. The summed E-state index contributed by atoms with van der Waals surface area (Å²) in [5.41, 5.74) is 4.12. The summed E-state index contributed by atoms with van der Waals surface area (Å²) in [4.78, 5) is 42.7. The molecule has 4 rings (SSSR count). The third kappa shape index (κ3) is 3.07. The van der Waals surface area contributed by atoms with Gasteiger partial charge in [-0.3, -0.25) is 19.3 Å². The minimum atomic E-state index is -0.405. The Morgan fingerprint density at radius 1 is 1.07 bits per heavy atom. The molecule has 2 aromatic carbocycles. The number of hydrogen-bond donors (Lipinski definition) is 0. The number of carbonyl (C=O) groups excluding carboxylic acids is 3. The number of anilines is 1. The van der Waals surface area contributed by atoms with E-state index in [9.17, 15) is 14.4 Å². The van der Waals surface area contributed by atoms with Crippen LogP contribution in [0.3, 0.4) is 0 Å². The highest BCUT2D eigenvalue weighted by molar-refractivity contribution is 7.16. The molecule has 1 aliphatic heterocycles. The topological polar surface area (TPSA) is 71.7 Å². The van der Waals surface area contributed by atoms with E-state index >= 15 is 0 Å². The molecule has 1 fully saturated rings. The van der Waals surface area contributed by atoms with E-state index in [4.69, 9.17) is 0 Å². The summed E-state index contributed by atoms with van der Waals surface area (Å²) in [6, 6.07) is 10.7. The van der Waals surface area contributed by atoms with Crippen LogP contribution >= 0.6 is 11.3 Å².